The van der Waals surface area contributed by atoms with Gasteiger partial charge >= 0.3 is 11.8 Å². The fourth-order valence-electron chi connectivity index (χ4n) is 2.14. The van der Waals surface area contributed by atoms with Crippen molar-refractivity contribution < 1.29 is 19.1 Å². The number of benzene rings is 2. The van der Waals surface area contributed by atoms with Crippen molar-refractivity contribution in [2.24, 2.45) is 5.10 Å². The van der Waals surface area contributed by atoms with E-state index < -0.39 is 11.8 Å². The number of rotatable bonds is 6. The number of carbonyl (C=O) groups excluding carboxylic acids is 2. The molecule has 0 atom stereocenters. The van der Waals surface area contributed by atoms with Gasteiger partial charge in [-0.05, 0) is 43.7 Å². The normalized spacial score (nSPS) is 10.5. The van der Waals surface area contributed by atoms with Crippen molar-refractivity contribution >= 4 is 35.3 Å². The Balaban J connectivity index is 1.99. The van der Waals surface area contributed by atoms with Gasteiger partial charge in [-0.15, -0.1) is 0 Å². The monoisotopic (exact) mass is 389 g/mol. The van der Waals surface area contributed by atoms with Gasteiger partial charge in [0.15, 0.2) is 11.5 Å². The second kappa shape index (κ2) is 9.59. The smallest absolute Gasteiger partial charge is 0.329 e. The van der Waals surface area contributed by atoms with Crippen molar-refractivity contribution in [3.05, 3.63) is 52.5 Å². The largest absolute Gasteiger partial charge is 0.493 e. The fraction of sp³-hybridized carbons (Fsp3) is 0.211. The number of methoxy groups -OCH3 is 1. The van der Waals surface area contributed by atoms with Crippen LogP contribution in [0.25, 0.3) is 0 Å². The van der Waals surface area contributed by atoms with Crippen molar-refractivity contribution in [2.75, 3.05) is 19.0 Å². The third kappa shape index (κ3) is 5.72. The predicted molar refractivity (Wildman–Crippen MR) is 105 cm³/mol. The second-order valence-electron chi connectivity index (χ2n) is 5.49. The summed E-state index contributed by atoms with van der Waals surface area (Å²) in [6.45, 7) is 4.20. The molecule has 0 bridgehead atoms. The summed E-state index contributed by atoms with van der Waals surface area (Å²) < 4.78 is 10.7. The Hall–Kier alpha value is -3.06. The summed E-state index contributed by atoms with van der Waals surface area (Å²) in [5, 5.41) is 6.60. The van der Waals surface area contributed by atoms with Crippen LogP contribution < -0.4 is 20.2 Å². The molecule has 0 spiro atoms. The van der Waals surface area contributed by atoms with Gasteiger partial charge in [0.05, 0.1) is 25.0 Å². The number of amides is 2. The Labute approximate surface area is 162 Å². The Bertz CT molecular complexity index is 851. The summed E-state index contributed by atoms with van der Waals surface area (Å²) in [7, 11) is 1.49. The van der Waals surface area contributed by atoms with Gasteiger partial charge in [-0.2, -0.15) is 5.10 Å². The number of anilines is 1. The molecule has 0 radical (unpaired) electrons. The standard InChI is InChI=1S/C19H20ClN3O4/c1-4-27-17-15(20)9-13(10-16(17)26-3)11-21-23-19(25)18(24)22-14-7-5-12(2)6-8-14/h5-11H,4H2,1-3H3,(H,22,24)(H,23,25)/b21-11-. The van der Waals surface area contributed by atoms with Gasteiger partial charge in [0.2, 0.25) is 0 Å². The van der Waals surface area contributed by atoms with Gasteiger partial charge < -0.3 is 14.8 Å². The fourth-order valence-corrected chi connectivity index (χ4v) is 2.41. The minimum Gasteiger partial charge on any atom is -0.493 e. The van der Waals surface area contributed by atoms with E-state index in [9.17, 15) is 9.59 Å². The number of ether oxygens (including phenoxy) is 2. The second-order valence-corrected chi connectivity index (χ2v) is 5.89. The van der Waals surface area contributed by atoms with Crippen LogP contribution in [0.3, 0.4) is 0 Å². The molecule has 0 aromatic heterocycles. The first-order chi connectivity index (χ1) is 12.9. The molecule has 2 aromatic carbocycles. The molecule has 0 fully saturated rings. The van der Waals surface area contributed by atoms with E-state index in [1.54, 1.807) is 24.3 Å². The van der Waals surface area contributed by atoms with E-state index in [0.29, 0.717) is 34.4 Å². The Morgan fingerprint density at radius 2 is 1.89 bits per heavy atom. The van der Waals surface area contributed by atoms with Gasteiger partial charge in [0.1, 0.15) is 0 Å². The molecule has 2 aromatic rings. The zero-order valence-corrected chi connectivity index (χ0v) is 16.0. The van der Waals surface area contributed by atoms with E-state index >= 15 is 0 Å². The lowest BCUT2D eigenvalue weighted by atomic mass is 10.2. The van der Waals surface area contributed by atoms with Crippen LogP contribution in [-0.2, 0) is 9.59 Å². The van der Waals surface area contributed by atoms with Gasteiger partial charge in [-0.3, -0.25) is 9.59 Å². The number of halogens is 1. The third-order valence-corrected chi connectivity index (χ3v) is 3.72. The zero-order chi connectivity index (χ0) is 19.8. The number of hydrazone groups is 1. The van der Waals surface area contributed by atoms with Crippen molar-refractivity contribution in [3.8, 4) is 11.5 Å². The molecule has 0 unspecified atom stereocenters. The molecule has 0 saturated carbocycles. The van der Waals surface area contributed by atoms with E-state index in [4.69, 9.17) is 21.1 Å². The summed E-state index contributed by atoms with van der Waals surface area (Å²) in [4.78, 5) is 23.7. The molecule has 0 heterocycles. The minimum atomic E-state index is -0.893. The number of nitrogens with zero attached hydrogens (tertiary/aromatic N) is 1. The van der Waals surface area contributed by atoms with Crippen LogP contribution in [0.4, 0.5) is 5.69 Å². The molecule has 27 heavy (non-hydrogen) atoms. The molecule has 8 heteroatoms. The van der Waals surface area contributed by atoms with E-state index in [0.717, 1.165) is 5.56 Å². The lowest BCUT2D eigenvalue weighted by Crippen LogP contribution is -2.32. The van der Waals surface area contributed by atoms with Crippen molar-refractivity contribution in [1.29, 1.82) is 0 Å². The highest BCUT2D eigenvalue weighted by Gasteiger charge is 2.13. The first kappa shape index (κ1) is 20.3. The highest BCUT2D eigenvalue weighted by molar-refractivity contribution is 6.39. The average Bonchev–Trinajstić information content (AvgIpc) is 2.65. The Morgan fingerprint density at radius 1 is 1.19 bits per heavy atom. The number of hydrogen-bond acceptors (Lipinski definition) is 5. The van der Waals surface area contributed by atoms with Crippen molar-refractivity contribution in [1.82, 2.24) is 5.43 Å². The van der Waals surface area contributed by atoms with Crippen LogP contribution in [0.5, 0.6) is 11.5 Å². The lowest BCUT2D eigenvalue weighted by Gasteiger charge is -2.11. The van der Waals surface area contributed by atoms with Crippen molar-refractivity contribution in [2.45, 2.75) is 13.8 Å². The molecule has 0 aliphatic rings. The molecular formula is C19H20ClN3O4. The van der Waals surface area contributed by atoms with Crippen LogP contribution in [-0.4, -0.2) is 31.7 Å². The zero-order valence-electron chi connectivity index (χ0n) is 15.2. The number of carbonyl (C=O) groups is 2. The van der Waals surface area contributed by atoms with Crippen LogP contribution in [0, 0.1) is 6.92 Å². The summed E-state index contributed by atoms with van der Waals surface area (Å²) in [5.41, 5.74) is 4.30. The topological polar surface area (TPSA) is 89.0 Å². The van der Waals surface area contributed by atoms with Gasteiger partial charge in [-0.1, -0.05) is 29.3 Å². The molecule has 2 amide bonds. The van der Waals surface area contributed by atoms with E-state index in [2.05, 4.69) is 15.8 Å². The summed E-state index contributed by atoms with van der Waals surface area (Å²) in [6.07, 6.45) is 1.35. The molecule has 0 saturated heterocycles. The molecule has 0 aliphatic heterocycles. The first-order valence-corrected chi connectivity index (χ1v) is 8.53. The van der Waals surface area contributed by atoms with E-state index in [1.165, 1.54) is 13.3 Å². The molecule has 7 nitrogen and oxygen atoms in total. The van der Waals surface area contributed by atoms with Crippen LogP contribution >= 0.6 is 11.6 Å². The highest BCUT2D eigenvalue weighted by atomic mass is 35.5. The van der Waals surface area contributed by atoms with Gasteiger partial charge in [0.25, 0.3) is 0 Å². The maximum Gasteiger partial charge on any atom is 0.329 e. The van der Waals surface area contributed by atoms with Gasteiger partial charge in [-0.25, -0.2) is 5.43 Å². The third-order valence-electron chi connectivity index (χ3n) is 3.44. The summed E-state index contributed by atoms with van der Waals surface area (Å²) >= 11 is 6.17. The summed E-state index contributed by atoms with van der Waals surface area (Å²) in [6, 6.07) is 10.3. The molecule has 0 aliphatic carbocycles. The molecule has 2 rings (SSSR count). The van der Waals surface area contributed by atoms with Crippen LogP contribution in [0.1, 0.15) is 18.1 Å². The summed E-state index contributed by atoms with van der Waals surface area (Å²) in [5.74, 6) is -0.844. The maximum absolute atomic E-state index is 11.9. The van der Waals surface area contributed by atoms with E-state index in [1.807, 2.05) is 26.0 Å². The molecular weight excluding hydrogens is 370 g/mol. The average molecular weight is 390 g/mol. The highest BCUT2D eigenvalue weighted by Crippen LogP contribution is 2.35. The molecule has 142 valence electrons. The number of aryl methyl sites for hydroxylation is 1. The molecule has 2 N–H and O–H groups in total. The number of hydrogen-bond donors (Lipinski definition) is 2. The van der Waals surface area contributed by atoms with Gasteiger partial charge in [0, 0.05) is 5.69 Å². The Morgan fingerprint density at radius 3 is 2.52 bits per heavy atom. The SMILES string of the molecule is CCOc1c(Cl)cc(/C=N\NC(=O)C(=O)Nc2ccc(C)cc2)cc1OC. The van der Waals surface area contributed by atoms with Crippen LogP contribution in [0.15, 0.2) is 41.5 Å². The lowest BCUT2D eigenvalue weighted by molar-refractivity contribution is -0.136. The quantitative estimate of drug-likeness (QED) is 0.451. The first-order valence-electron chi connectivity index (χ1n) is 8.16. The predicted octanol–water partition coefficient (Wildman–Crippen LogP) is 3.14. The Kier molecular flexibility index (Phi) is 7.19. The maximum atomic E-state index is 11.9. The van der Waals surface area contributed by atoms with E-state index in [-0.39, 0.29) is 0 Å². The van der Waals surface area contributed by atoms with Crippen molar-refractivity contribution in [3.63, 3.8) is 0 Å². The van der Waals surface area contributed by atoms with Crippen LogP contribution in [0.2, 0.25) is 5.02 Å². The number of nitrogens with one attached hydrogen (secondary N) is 2. The minimum absolute atomic E-state index is 0.348.